The van der Waals surface area contributed by atoms with Gasteiger partial charge in [-0.15, -0.1) is 0 Å². The molecule has 0 aliphatic carbocycles. The Kier molecular flexibility index (Phi) is 2.93. The molecule has 2 aromatic carbocycles. The Labute approximate surface area is 88.7 Å². The lowest BCUT2D eigenvalue weighted by Crippen LogP contribution is -1.79. The topological polar surface area (TPSA) is 0 Å². The van der Waals surface area contributed by atoms with Gasteiger partial charge in [-0.2, -0.15) is 0 Å². The van der Waals surface area contributed by atoms with Gasteiger partial charge in [-0.3, -0.25) is 0 Å². The average molecular weight is 197 g/mol. The summed E-state index contributed by atoms with van der Waals surface area (Å²) in [6.45, 7) is 0. The molecule has 2 aromatic rings. The summed E-state index contributed by atoms with van der Waals surface area (Å²) in [5.41, 5.74) is 1.61. The Hall–Kier alpha value is -1.89. The predicted molar refractivity (Wildman–Crippen MR) is 60.6 cm³/mol. The van der Waals surface area contributed by atoms with Gasteiger partial charge in [-0.1, -0.05) is 60.7 Å². The molecule has 0 heterocycles. The van der Waals surface area contributed by atoms with Crippen LogP contribution in [-0.2, 0) is 0 Å². The van der Waals surface area contributed by atoms with Crippen LogP contribution >= 0.6 is 0 Å². The molecule has 1 heteroatoms. The van der Waals surface area contributed by atoms with Crippen LogP contribution in [0.25, 0.3) is 12.2 Å². The first-order chi connectivity index (χ1) is 7.36. The van der Waals surface area contributed by atoms with Gasteiger partial charge in [0.25, 0.3) is 0 Å². The summed E-state index contributed by atoms with van der Waals surface area (Å²) in [5, 5.41) is 0. The summed E-state index contributed by atoms with van der Waals surface area (Å²) in [5.74, 6) is -0.315. The lowest BCUT2D eigenvalue weighted by molar-refractivity contribution is 0.623. The molecule has 0 atom stereocenters. The zero-order valence-corrected chi connectivity index (χ0v) is 8.15. The van der Waals surface area contributed by atoms with E-state index < -0.39 is 0 Å². The highest BCUT2D eigenvalue weighted by Crippen LogP contribution is 2.10. The second kappa shape index (κ2) is 4.56. The maximum absolute atomic E-state index is 13.2. The van der Waals surface area contributed by atoms with Gasteiger partial charge in [-0.05, 0) is 5.56 Å². The van der Waals surface area contributed by atoms with Gasteiger partial charge in [0.15, 0.2) is 0 Å². The molecule has 2 rings (SSSR count). The minimum Gasteiger partial charge on any atom is -0.206 e. The van der Waals surface area contributed by atoms with Crippen molar-refractivity contribution in [2.45, 2.75) is 0 Å². The van der Waals surface area contributed by atoms with Gasteiger partial charge in [-0.25, -0.2) is 4.39 Å². The quantitative estimate of drug-likeness (QED) is 0.642. The Bertz CT molecular complexity index is 458. The molecular weight excluding hydrogens is 187 g/mol. The number of hydrogen-bond acceptors (Lipinski definition) is 0. The first-order valence-electron chi connectivity index (χ1n) is 4.75. The second-order valence-corrected chi connectivity index (χ2v) is 3.18. The van der Waals surface area contributed by atoms with Gasteiger partial charge in [0.05, 0.1) is 0 Å². The number of benzene rings is 2. The molecule has 0 aliphatic rings. The summed E-state index contributed by atoms with van der Waals surface area (Å²) in [4.78, 5) is 0. The summed E-state index contributed by atoms with van der Waals surface area (Å²) in [6.07, 6.45) is 3.63. The van der Waals surface area contributed by atoms with Crippen molar-refractivity contribution in [2.24, 2.45) is 0 Å². The first-order valence-corrected chi connectivity index (χ1v) is 4.75. The highest BCUT2D eigenvalue weighted by molar-refractivity contribution is 5.69. The van der Waals surface area contributed by atoms with Crippen LogP contribution < -0.4 is 0 Å². The fourth-order valence-electron chi connectivity index (χ4n) is 1.31. The molecule has 0 amide bonds. The molecular formula is C14H10F. The van der Waals surface area contributed by atoms with Crippen molar-refractivity contribution in [3.8, 4) is 0 Å². The predicted octanol–water partition coefficient (Wildman–Crippen LogP) is 3.80. The molecule has 1 radical (unpaired) electrons. The van der Waals surface area contributed by atoms with E-state index in [4.69, 9.17) is 0 Å². The van der Waals surface area contributed by atoms with Crippen LogP contribution in [0.2, 0.25) is 0 Å². The lowest BCUT2D eigenvalue weighted by Gasteiger charge is -1.95. The highest BCUT2D eigenvalue weighted by Gasteiger charge is 1.94. The molecule has 0 spiro atoms. The Morgan fingerprint density at radius 1 is 0.933 bits per heavy atom. The third-order valence-corrected chi connectivity index (χ3v) is 2.09. The van der Waals surface area contributed by atoms with Crippen LogP contribution in [0, 0.1) is 11.9 Å². The molecule has 0 saturated carbocycles. The zero-order chi connectivity index (χ0) is 10.5. The van der Waals surface area contributed by atoms with Gasteiger partial charge < -0.3 is 0 Å². The molecule has 0 aliphatic heterocycles. The van der Waals surface area contributed by atoms with E-state index in [0.717, 1.165) is 5.56 Å². The molecule has 0 fully saturated rings. The summed E-state index contributed by atoms with van der Waals surface area (Å²) >= 11 is 0. The number of hydrogen-bond donors (Lipinski definition) is 0. The smallest absolute Gasteiger partial charge is 0.138 e. The number of halogens is 1. The molecule has 0 N–H and O–H groups in total. The third kappa shape index (κ3) is 2.53. The third-order valence-electron chi connectivity index (χ3n) is 2.09. The van der Waals surface area contributed by atoms with E-state index in [1.54, 1.807) is 24.3 Å². The van der Waals surface area contributed by atoms with E-state index in [0.29, 0.717) is 5.56 Å². The molecule has 0 aromatic heterocycles. The molecule has 0 nitrogen and oxygen atoms in total. The van der Waals surface area contributed by atoms with E-state index in [9.17, 15) is 4.39 Å². The standard InChI is InChI=1S/C14H10F/c15-14-9-5-4-8-13(14)11-10-12-6-2-1-3-7-12/h1-8,10-11H/b11-10-. The minimum atomic E-state index is -0.315. The van der Waals surface area contributed by atoms with E-state index in [1.165, 1.54) is 0 Å². The van der Waals surface area contributed by atoms with Crippen LogP contribution in [0.1, 0.15) is 11.1 Å². The van der Waals surface area contributed by atoms with Gasteiger partial charge in [0.2, 0.25) is 0 Å². The number of rotatable bonds is 2. The Morgan fingerprint density at radius 3 is 2.47 bits per heavy atom. The maximum Gasteiger partial charge on any atom is 0.138 e. The van der Waals surface area contributed by atoms with Crippen molar-refractivity contribution in [3.63, 3.8) is 0 Å². The van der Waals surface area contributed by atoms with Crippen LogP contribution in [0.5, 0.6) is 0 Å². The molecule has 73 valence electrons. The van der Waals surface area contributed by atoms with Crippen molar-refractivity contribution in [3.05, 3.63) is 71.5 Å². The second-order valence-electron chi connectivity index (χ2n) is 3.18. The largest absolute Gasteiger partial charge is 0.206 e. The first kappa shape index (κ1) is 9.66. The van der Waals surface area contributed by atoms with E-state index in [2.05, 4.69) is 6.07 Å². The normalized spacial score (nSPS) is 10.7. The van der Waals surface area contributed by atoms with Crippen molar-refractivity contribution < 1.29 is 4.39 Å². The highest BCUT2D eigenvalue weighted by atomic mass is 19.1. The summed E-state index contributed by atoms with van der Waals surface area (Å²) in [6, 6.07) is 17.4. The van der Waals surface area contributed by atoms with Crippen LogP contribution in [-0.4, -0.2) is 0 Å². The molecule has 0 bridgehead atoms. The molecule has 15 heavy (non-hydrogen) atoms. The fourth-order valence-corrected chi connectivity index (χ4v) is 1.31. The summed E-state index contributed by atoms with van der Waals surface area (Å²) in [7, 11) is 0. The SMILES string of the molecule is Fc1[c]cccc1/C=C\c1ccccc1. The monoisotopic (exact) mass is 197 g/mol. The zero-order valence-electron chi connectivity index (χ0n) is 8.15. The van der Waals surface area contributed by atoms with Crippen molar-refractivity contribution >= 4 is 12.2 Å². The van der Waals surface area contributed by atoms with E-state index in [1.807, 2.05) is 36.4 Å². The molecule has 0 unspecified atom stereocenters. The van der Waals surface area contributed by atoms with Gasteiger partial charge in [0.1, 0.15) is 5.82 Å². The van der Waals surface area contributed by atoms with E-state index >= 15 is 0 Å². The van der Waals surface area contributed by atoms with Crippen LogP contribution in [0.15, 0.2) is 48.5 Å². The van der Waals surface area contributed by atoms with Crippen LogP contribution in [0.4, 0.5) is 4.39 Å². The minimum absolute atomic E-state index is 0.315. The Morgan fingerprint density at radius 2 is 1.73 bits per heavy atom. The van der Waals surface area contributed by atoms with Gasteiger partial charge >= 0.3 is 0 Å². The van der Waals surface area contributed by atoms with E-state index in [-0.39, 0.29) is 5.82 Å². The van der Waals surface area contributed by atoms with Gasteiger partial charge in [0, 0.05) is 11.6 Å². The lowest BCUT2D eigenvalue weighted by atomic mass is 10.1. The van der Waals surface area contributed by atoms with Crippen molar-refractivity contribution in [1.82, 2.24) is 0 Å². The van der Waals surface area contributed by atoms with Crippen molar-refractivity contribution in [2.75, 3.05) is 0 Å². The average Bonchev–Trinajstić information content (AvgIpc) is 2.29. The maximum atomic E-state index is 13.2. The van der Waals surface area contributed by atoms with Crippen LogP contribution in [0.3, 0.4) is 0 Å². The Balaban J connectivity index is 2.23. The summed E-state index contributed by atoms with van der Waals surface area (Å²) < 4.78 is 13.2. The fraction of sp³-hybridized carbons (Fsp3) is 0. The molecule has 0 saturated heterocycles. The van der Waals surface area contributed by atoms with Crippen molar-refractivity contribution in [1.29, 1.82) is 0 Å².